The number of anilines is 3. The van der Waals surface area contributed by atoms with Crippen LogP contribution in [0.2, 0.25) is 0 Å². The van der Waals surface area contributed by atoms with Gasteiger partial charge >= 0.3 is 0 Å². The minimum absolute atomic E-state index is 0.108. The average Bonchev–Trinajstić information content (AvgIpc) is 3.80. The Morgan fingerprint density at radius 2 is 0.831 bits per heavy atom. The molecule has 1 aromatic heterocycles. The second-order valence-electron chi connectivity index (χ2n) is 16.0. The van der Waals surface area contributed by atoms with Crippen LogP contribution in [0.5, 0.6) is 0 Å². The van der Waals surface area contributed by atoms with Gasteiger partial charge in [0.15, 0.2) is 0 Å². The summed E-state index contributed by atoms with van der Waals surface area (Å²) in [6.45, 7) is 4.71. The van der Waals surface area contributed by atoms with E-state index in [0.29, 0.717) is 0 Å². The maximum atomic E-state index is 6.66. The van der Waals surface area contributed by atoms with Gasteiger partial charge in [-0.2, -0.15) is 0 Å². The van der Waals surface area contributed by atoms with Gasteiger partial charge < -0.3 is 9.32 Å². The third kappa shape index (κ3) is 5.71. The van der Waals surface area contributed by atoms with E-state index < -0.39 is 0 Å². The molecule has 2 heteroatoms. The molecule has 0 unspecified atom stereocenters. The molecule has 0 bridgehead atoms. The average molecular weight is 756 g/mol. The Bertz CT molecular complexity index is 3170. The lowest BCUT2D eigenvalue weighted by Crippen LogP contribution is -2.15. The summed E-state index contributed by atoms with van der Waals surface area (Å²) in [7, 11) is 0. The zero-order chi connectivity index (χ0) is 39.5. The van der Waals surface area contributed by atoms with E-state index in [2.05, 4.69) is 225 Å². The standard InChI is InChI=1S/C57H41NO/c1-57(2)50-25-10-6-21-49(50)55-46(22-15-26-51(55)57)43-18-7-11-27-52(43)58(42-36-34-41(35-37-42)40-32-30-39(31-33-40)38-16-4-3-5-17-38)53-28-12-8-19-44(53)47-23-14-24-48-45-20-9-13-29-54(45)59-56(47)48/h3-37H,1-2H3. The monoisotopic (exact) mass is 755 g/mol. The van der Waals surface area contributed by atoms with Gasteiger partial charge in [0.2, 0.25) is 0 Å². The Hall–Kier alpha value is -7.42. The van der Waals surface area contributed by atoms with Gasteiger partial charge in [0.05, 0.1) is 11.4 Å². The summed E-state index contributed by atoms with van der Waals surface area (Å²) in [5.41, 5.74) is 19.6. The van der Waals surface area contributed by atoms with Crippen molar-refractivity contribution in [2.24, 2.45) is 0 Å². The lowest BCUT2D eigenvalue weighted by atomic mass is 9.82. The normalized spacial score (nSPS) is 12.7. The Morgan fingerprint density at radius 1 is 0.356 bits per heavy atom. The molecule has 0 amide bonds. The van der Waals surface area contributed by atoms with Gasteiger partial charge in [-0.3, -0.25) is 0 Å². The Labute approximate surface area is 345 Å². The van der Waals surface area contributed by atoms with Crippen molar-refractivity contribution in [3.05, 3.63) is 223 Å². The molecule has 1 aliphatic rings. The van der Waals surface area contributed by atoms with Crippen molar-refractivity contribution in [2.75, 3.05) is 4.90 Å². The molecule has 9 aromatic carbocycles. The zero-order valence-electron chi connectivity index (χ0n) is 33.1. The number of nitrogens with zero attached hydrogens (tertiary/aromatic N) is 1. The maximum Gasteiger partial charge on any atom is 0.143 e. The summed E-state index contributed by atoms with van der Waals surface area (Å²) in [6, 6.07) is 76.8. The van der Waals surface area contributed by atoms with Gasteiger partial charge in [-0.25, -0.2) is 0 Å². The largest absolute Gasteiger partial charge is 0.455 e. The fourth-order valence-electron chi connectivity index (χ4n) is 9.43. The van der Waals surface area contributed by atoms with Crippen molar-refractivity contribution in [2.45, 2.75) is 19.3 Å². The third-order valence-electron chi connectivity index (χ3n) is 12.3. The fraction of sp³-hybridized carbons (Fsp3) is 0.0526. The fourth-order valence-corrected chi connectivity index (χ4v) is 9.43. The van der Waals surface area contributed by atoms with E-state index in [1.807, 2.05) is 6.07 Å². The number of hydrogen-bond donors (Lipinski definition) is 0. The Balaban J connectivity index is 1.11. The van der Waals surface area contributed by atoms with Crippen LogP contribution in [0.4, 0.5) is 17.1 Å². The number of hydrogen-bond acceptors (Lipinski definition) is 2. The first kappa shape index (κ1) is 34.8. The summed E-state index contributed by atoms with van der Waals surface area (Å²) < 4.78 is 6.66. The number of benzene rings is 9. The van der Waals surface area contributed by atoms with Crippen LogP contribution in [0.25, 0.3) is 77.6 Å². The molecule has 0 spiro atoms. The van der Waals surface area contributed by atoms with Crippen LogP contribution in [-0.4, -0.2) is 0 Å². The highest BCUT2D eigenvalue weighted by Crippen LogP contribution is 2.54. The lowest BCUT2D eigenvalue weighted by molar-refractivity contribution is 0.660. The SMILES string of the molecule is CC1(C)c2ccccc2-c2c(-c3ccccc3N(c3ccc(-c4ccc(-c5ccccc5)cc4)cc3)c3ccccc3-c3cccc4c3oc3ccccc34)cccc21. The Morgan fingerprint density at radius 3 is 1.54 bits per heavy atom. The number of furan rings is 1. The molecule has 1 aliphatic carbocycles. The molecule has 59 heavy (non-hydrogen) atoms. The van der Waals surface area contributed by atoms with Crippen molar-refractivity contribution in [1.82, 2.24) is 0 Å². The Kier molecular flexibility index (Phi) is 8.20. The molecule has 1 heterocycles. The van der Waals surface area contributed by atoms with Gasteiger partial charge in [0.25, 0.3) is 0 Å². The molecule has 0 radical (unpaired) electrons. The molecule has 0 saturated heterocycles. The van der Waals surface area contributed by atoms with Crippen molar-refractivity contribution >= 4 is 39.0 Å². The zero-order valence-corrected chi connectivity index (χ0v) is 33.1. The third-order valence-corrected chi connectivity index (χ3v) is 12.3. The second-order valence-corrected chi connectivity index (χ2v) is 16.0. The van der Waals surface area contributed by atoms with Crippen LogP contribution < -0.4 is 4.90 Å². The van der Waals surface area contributed by atoms with Crippen molar-refractivity contribution in [3.63, 3.8) is 0 Å². The molecule has 10 aromatic rings. The van der Waals surface area contributed by atoms with Crippen molar-refractivity contribution in [1.29, 1.82) is 0 Å². The summed E-state index contributed by atoms with van der Waals surface area (Å²) in [5.74, 6) is 0. The predicted molar refractivity (Wildman–Crippen MR) is 248 cm³/mol. The van der Waals surface area contributed by atoms with Crippen LogP contribution in [-0.2, 0) is 5.41 Å². The highest BCUT2D eigenvalue weighted by molar-refractivity contribution is 6.11. The van der Waals surface area contributed by atoms with Gasteiger partial charge in [0, 0.05) is 38.6 Å². The van der Waals surface area contributed by atoms with Gasteiger partial charge in [-0.15, -0.1) is 0 Å². The minimum atomic E-state index is -0.108. The van der Waals surface area contributed by atoms with E-state index in [0.717, 1.165) is 50.1 Å². The highest BCUT2D eigenvalue weighted by atomic mass is 16.3. The number of fused-ring (bicyclic) bond motifs is 6. The smallest absolute Gasteiger partial charge is 0.143 e. The van der Waals surface area contributed by atoms with Gasteiger partial charge in [-0.05, 0) is 80.4 Å². The lowest BCUT2D eigenvalue weighted by Gasteiger charge is -2.30. The summed E-state index contributed by atoms with van der Waals surface area (Å²) in [5, 5.41) is 2.24. The molecule has 0 fully saturated rings. The second kappa shape index (κ2) is 13.9. The molecule has 0 N–H and O–H groups in total. The number of rotatable bonds is 7. The highest BCUT2D eigenvalue weighted by Gasteiger charge is 2.37. The first-order valence-electron chi connectivity index (χ1n) is 20.4. The summed E-state index contributed by atoms with van der Waals surface area (Å²) in [4.78, 5) is 2.44. The van der Waals surface area contributed by atoms with Crippen molar-refractivity contribution in [3.8, 4) is 55.6 Å². The maximum absolute atomic E-state index is 6.66. The first-order valence-corrected chi connectivity index (χ1v) is 20.4. The van der Waals surface area contributed by atoms with Crippen LogP contribution in [0.3, 0.4) is 0 Å². The molecule has 2 nitrogen and oxygen atoms in total. The summed E-state index contributed by atoms with van der Waals surface area (Å²) in [6.07, 6.45) is 0. The van der Waals surface area contributed by atoms with E-state index in [-0.39, 0.29) is 5.41 Å². The molecule has 0 aliphatic heterocycles. The van der Waals surface area contributed by atoms with Crippen LogP contribution >= 0.6 is 0 Å². The molecule has 11 rings (SSSR count). The molecule has 0 atom stereocenters. The first-order chi connectivity index (χ1) is 29.0. The van der Waals surface area contributed by atoms with E-state index in [9.17, 15) is 0 Å². The molecule has 0 saturated carbocycles. The van der Waals surface area contributed by atoms with E-state index >= 15 is 0 Å². The van der Waals surface area contributed by atoms with Gasteiger partial charge in [-0.1, -0.05) is 196 Å². The van der Waals surface area contributed by atoms with Crippen molar-refractivity contribution < 1.29 is 4.42 Å². The van der Waals surface area contributed by atoms with E-state index in [1.54, 1.807) is 0 Å². The number of para-hydroxylation sites is 4. The minimum Gasteiger partial charge on any atom is -0.455 e. The quantitative estimate of drug-likeness (QED) is 0.161. The van der Waals surface area contributed by atoms with Crippen LogP contribution in [0.15, 0.2) is 217 Å². The molecule has 280 valence electrons. The topological polar surface area (TPSA) is 16.4 Å². The van der Waals surface area contributed by atoms with Gasteiger partial charge in [0.1, 0.15) is 11.2 Å². The predicted octanol–water partition coefficient (Wildman–Crippen LogP) is 16.0. The van der Waals surface area contributed by atoms with Crippen LogP contribution in [0, 0.1) is 0 Å². The van der Waals surface area contributed by atoms with Crippen LogP contribution in [0.1, 0.15) is 25.0 Å². The van der Waals surface area contributed by atoms with E-state index in [4.69, 9.17) is 4.42 Å². The summed E-state index contributed by atoms with van der Waals surface area (Å²) >= 11 is 0. The molecular weight excluding hydrogens is 715 g/mol. The van der Waals surface area contributed by atoms with E-state index in [1.165, 1.54) is 55.6 Å². The molecular formula is C57H41NO.